The average Bonchev–Trinajstić information content (AvgIpc) is 2.75. The maximum atomic E-state index is 2.29. The standard InChI is InChI=1S/C12H12S2Se/c1-5-7(3)13-11-9(5)14-10-6(2)8(4)15-12(10)11/h1-4H3. The van der Waals surface area contributed by atoms with E-state index in [1.54, 1.807) is 28.4 Å². The van der Waals surface area contributed by atoms with Gasteiger partial charge < -0.3 is 0 Å². The van der Waals surface area contributed by atoms with Gasteiger partial charge in [0.05, 0.1) is 0 Å². The number of hydrogen-bond donors (Lipinski definition) is 0. The van der Waals surface area contributed by atoms with Crippen molar-refractivity contribution in [3.63, 3.8) is 0 Å². The molecule has 0 atom stereocenters. The van der Waals surface area contributed by atoms with Gasteiger partial charge in [0.25, 0.3) is 0 Å². The fourth-order valence-corrected chi connectivity index (χ4v) is 7.80. The van der Waals surface area contributed by atoms with Crippen LogP contribution in [0.4, 0.5) is 0 Å². The van der Waals surface area contributed by atoms with Gasteiger partial charge in [-0.1, -0.05) is 0 Å². The van der Waals surface area contributed by atoms with Crippen molar-refractivity contribution in [2.24, 2.45) is 0 Å². The van der Waals surface area contributed by atoms with Gasteiger partial charge in [0.1, 0.15) is 0 Å². The van der Waals surface area contributed by atoms with Crippen molar-refractivity contribution in [2.45, 2.75) is 27.7 Å². The molecule has 3 rings (SSSR count). The molecule has 0 spiro atoms. The van der Waals surface area contributed by atoms with Crippen LogP contribution in [-0.4, -0.2) is 14.5 Å². The van der Waals surface area contributed by atoms with Crippen LogP contribution in [0.1, 0.15) is 20.4 Å². The van der Waals surface area contributed by atoms with Gasteiger partial charge in [0, 0.05) is 0 Å². The average molecular weight is 299 g/mol. The second-order valence-electron chi connectivity index (χ2n) is 3.99. The van der Waals surface area contributed by atoms with Crippen molar-refractivity contribution in [2.75, 3.05) is 0 Å². The van der Waals surface area contributed by atoms with Gasteiger partial charge in [0.15, 0.2) is 0 Å². The zero-order valence-corrected chi connectivity index (χ0v) is 12.6. The third-order valence-corrected chi connectivity index (χ3v) is 9.01. The van der Waals surface area contributed by atoms with E-state index in [-0.39, 0.29) is 0 Å². The summed E-state index contributed by atoms with van der Waals surface area (Å²) in [6.45, 7) is 9.08. The SMILES string of the molecule is Cc1sc2c(sc3c(C)c(C)[se]c32)c1C. The minimum absolute atomic E-state index is 0.599. The molecule has 0 saturated heterocycles. The molecule has 0 aliphatic carbocycles. The van der Waals surface area contributed by atoms with E-state index in [0.717, 1.165) is 0 Å². The van der Waals surface area contributed by atoms with Gasteiger partial charge >= 0.3 is 104 Å². The van der Waals surface area contributed by atoms with E-state index in [1.165, 1.54) is 10.4 Å². The van der Waals surface area contributed by atoms with Crippen LogP contribution in [0.2, 0.25) is 0 Å². The van der Waals surface area contributed by atoms with Crippen LogP contribution < -0.4 is 0 Å². The normalized spacial score (nSPS) is 12.0. The molecule has 0 aliphatic heterocycles. The minimum atomic E-state index is 0.599. The Labute approximate surface area is 103 Å². The van der Waals surface area contributed by atoms with Gasteiger partial charge in [-0.05, 0) is 0 Å². The molecule has 0 bridgehead atoms. The van der Waals surface area contributed by atoms with Crippen LogP contribution in [0, 0.1) is 27.7 Å². The van der Waals surface area contributed by atoms with Gasteiger partial charge in [0.2, 0.25) is 0 Å². The molecule has 3 heterocycles. The van der Waals surface area contributed by atoms with E-state index < -0.39 is 0 Å². The predicted octanol–water partition coefficient (Wildman–Crippen LogP) is 4.41. The molecular formula is C12H12S2Se. The Hall–Kier alpha value is -0.0805. The molecule has 3 aromatic rings. The second-order valence-corrected chi connectivity index (χ2v) is 8.80. The monoisotopic (exact) mass is 300 g/mol. The van der Waals surface area contributed by atoms with Gasteiger partial charge in [-0.25, -0.2) is 0 Å². The number of fused-ring (bicyclic) bond motifs is 3. The van der Waals surface area contributed by atoms with Crippen molar-refractivity contribution >= 4 is 55.5 Å². The Morgan fingerprint density at radius 1 is 0.800 bits per heavy atom. The second kappa shape index (κ2) is 3.21. The van der Waals surface area contributed by atoms with Crippen LogP contribution in [0.3, 0.4) is 0 Å². The fourth-order valence-electron chi connectivity index (χ4n) is 1.86. The van der Waals surface area contributed by atoms with Crippen LogP contribution in [0.5, 0.6) is 0 Å². The molecule has 0 nitrogen and oxygen atoms in total. The molecule has 0 unspecified atom stereocenters. The van der Waals surface area contributed by atoms with Crippen molar-refractivity contribution in [1.29, 1.82) is 0 Å². The summed E-state index contributed by atoms with van der Waals surface area (Å²) in [5.41, 5.74) is 3.06. The first-order valence-corrected chi connectivity index (χ1v) is 8.32. The summed E-state index contributed by atoms with van der Waals surface area (Å²) in [6.07, 6.45) is 0. The number of thiophene rings is 2. The molecule has 0 fully saturated rings. The first-order chi connectivity index (χ1) is 7.09. The van der Waals surface area contributed by atoms with Crippen LogP contribution in [0.25, 0.3) is 18.4 Å². The molecule has 78 valence electrons. The van der Waals surface area contributed by atoms with Crippen molar-refractivity contribution in [3.8, 4) is 0 Å². The zero-order chi connectivity index (χ0) is 10.7. The third-order valence-electron chi connectivity index (χ3n) is 3.07. The van der Waals surface area contributed by atoms with E-state index in [2.05, 4.69) is 27.7 Å². The summed E-state index contributed by atoms with van der Waals surface area (Å²) in [7, 11) is 0. The number of hydrogen-bond acceptors (Lipinski definition) is 2. The topological polar surface area (TPSA) is 0 Å². The first-order valence-electron chi connectivity index (χ1n) is 4.97. The molecule has 0 aliphatic rings. The molecule has 3 aromatic heterocycles. The number of rotatable bonds is 0. The fraction of sp³-hybridized carbons (Fsp3) is 0.333. The summed E-state index contributed by atoms with van der Waals surface area (Å²) < 4.78 is 8.00. The number of aryl methyl sites for hydroxylation is 4. The van der Waals surface area contributed by atoms with E-state index in [1.807, 2.05) is 22.7 Å². The third kappa shape index (κ3) is 1.24. The molecule has 0 amide bonds. The Kier molecular flexibility index (Phi) is 2.16. The summed E-state index contributed by atoms with van der Waals surface area (Å²) in [6, 6.07) is 0. The van der Waals surface area contributed by atoms with Gasteiger partial charge in [-0.2, -0.15) is 0 Å². The van der Waals surface area contributed by atoms with E-state index in [0.29, 0.717) is 14.5 Å². The Morgan fingerprint density at radius 3 is 2.27 bits per heavy atom. The van der Waals surface area contributed by atoms with Crippen LogP contribution >= 0.6 is 22.7 Å². The quantitative estimate of drug-likeness (QED) is 0.540. The van der Waals surface area contributed by atoms with Crippen LogP contribution in [-0.2, 0) is 0 Å². The van der Waals surface area contributed by atoms with Crippen LogP contribution in [0.15, 0.2) is 0 Å². The Morgan fingerprint density at radius 2 is 1.53 bits per heavy atom. The predicted molar refractivity (Wildman–Crippen MR) is 73.1 cm³/mol. The maximum absolute atomic E-state index is 2.29. The molecule has 0 radical (unpaired) electrons. The molecule has 0 N–H and O–H groups in total. The van der Waals surface area contributed by atoms with E-state index >= 15 is 0 Å². The molecule has 0 saturated carbocycles. The molecule has 15 heavy (non-hydrogen) atoms. The van der Waals surface area contributed by atoms with Gasteiger partial charge in [-0.3, -0.25) is 0 Å². The van der Waals surface area contributed by atoms with E-state index in [4.69, 9.17) is 0 Å². The zero-order valence-electron chi connectivity index (χ0n) is 9.22. The van der Waals surface area contributed by atoms with Crippen molar-refractivity contribution < 1.29 is 0 Å². The van der Waals surface area contributed by atoms with Crippen molar-refractivity contribution in [1.82, 2.24) is 0 Å². The molecular weight excluding hydrogens is 287 g/mol. The summed E-state index contributed by atoms with van der Waals surface area (Å²) in [5, 5.41) is 0. The Balaban J connectivity index is 2.57. The Bertz CT molecular complexity index is 610. The molecule has 3 heteroatoms. The van der Waals surface area contributed by atoms with Crippen molar-refractivity contribution in [3.05, 3.63) is 20.4 Å². The summed E-state index contributed by atoms with van der Waals surface area (Å²) >= 11 is 4.61. The van der Waals surface area contributed by atoms with Gasteiger partial charge in [-0.15, -0.1) is 0 Å². The first kappa shape index (κ1) is 10.1. The summed E-state index contributed by atoms with van der Waals surface area (Å²) in [4.78, 5) is 1.50. The molecule has 0 aromatic carbocycles. The van der Waals surface area contributed by atoms with E-state index in [9.17, 15) is 0 Å². The summed E-state index contributed by atoms with van der Waals surface area (Å²) in [5.74, 6) is 0.